The summed E-state index contributed by atoms with van der Waals surface area (Å²) in [6.07, 6.45) is -0.0664. The van der Waals surface area contributed by atoms with Gasteiger partial charge in [-0.05, 0) is 50.1 Å². The molecule has 2 aromatic carbocycles. The number of nitrogens with one attached hydrogen (secondary N) is 1. The van der Waals surface area contributed by atoms with Crippen LogP contribution < -0.4 is 5.32 Å². The summed E-state index contributed by atoms with van der Waals surface area (Å²) in [5.41, 5.74) is 0.367. The van der Waals surface area contributed by atoms with E-state index in [1.165, 1.54) is 12.1 Å². The Hall–Kier alpha value is -2.69. The quantitative estimate of drug-likeness (QED) is 0.745. The van der Waals surface area contributed by atoms with Gasteiger partial charge < -0.3 is 10.4 Å². The number of anilines is 1. The molecular weight excluding hydrogens is 364 g/mol. The average molecular weight is 386 g/mol. The summed E-state index contributed by atoms with van der Waals surface area (Å²) in [6.45, 7) is 12.2. The number of rotatable bonds is 6. The highest BCUT2D eigenvalue weighted by atomic mass is 32.2. The summed E-state index contributed by atoms with van der Waals surface area (Å²) < 4.78 is 25.3. The van der Waals surface area contributed by atoms with Crippen LogP contribution in [-0.2, 0) is 14.6 Å². The SMILES string of the molecule is [C-]#[N+]c1ccc(NC(=O)[C@](O)(CC)CS(=O)(=O)c2ccc(C)cc2)cc1C. The molecule has 27 heavy (non-hydrogen) atoms. The van der Waals surface area contributed by atoms with Gasteiger partial charge in [-0.1, -0.05) is 30.7 Å². The Labute approximate surface area is 159 Å². The topological polar surface area (TPSA) is 87.8 Å². The van der Waals surface area contributed by atoms with E-state index in [0.717, 1.165) is 5.56 Å². The summed E-state index contributed by atoms with van der Waals surface area (Å²) in [5, 5.41) is 13.3. The van der Waals surface area contributed by atoms with Crippen LogP contribution in [-0.4, -0.2) is 30.8 Å². The van der Waals surface area contributed by atoms with Gasteiger partial charge in [0.15, 0.2) is 21.1 Å². The van der Waals surface area contributed by atoms with E-state index in [1.807, 2.05) is 6.92 Å². The Kier molecular flexibility index (Phi) is 6.04. The molecule has 0 radical (unpaired) electrons. The third-order valence-corrected chi connectivity index (χ3v) is 6.24. The third-order valence-electron chi connectivity index (χ3n) is 4.39. The monoisotopic (exact) mass is 386 g/mol. The van der Waals surface area contributed by atoms with E-state index in [2.05, 4.69) is 10.2 Å². The highest BCUT2D eigenvalue weighted by Crippen LogP contribution is 2.25. The zero-order valence-electron chi connectivity index (χ0n) is 15.5. The van der Waals surface area contributed by atoms with Crippen molar-refractivity contribution in [2.45, 2.75) is 37.7 Å². The second-order valence-corrected chi connectivity index (χ2v) is 8.51. The van der Waals surface area contributed by atoms with Crippen LogP contribution in [0.4, 0.5) is 11.4 Å². The number of hydrogen-bond donors (Lipinski definition) is 2. The first-order chi connectivity index (χ1) is 12.6. The Morgan fingerprint density at radius 3 is 2.33 bits per heavy atom. The van der Waals surface area contributed by atoms with Crippen molar-refractivity contribution in [3.8, 4) is 0 Å². The number of aliphatic hydroxyl groups is 1. The van der Waals surface area contributed by atoms with Gasteiger partial charge in [-0.25, -0.2) is 13.3 Å². The second-order valence-electron chi connectivity index (χ2n) is 6.52. The van der Waals surface area contributed by atoms with Crippen molar-refractivity contribution in [2.24, 2.45) is 0 Å². The molecule has 6 nitrogen and oxygen atoms in total. The van der Waals surface area contributed by atoms with Crippen molar-refractivity contribution in [3.05, 3.63) is 65.0 Å². The fraction of sp³-hybridized carbons (Fsp3) is 0.300. The van der Waals surface area contributed by atoms with Crippen molar-refractivity contribution >= 4 is 27.1 Å². The van der Waals surface area contributed by atoms with Crippen LogP contribution >= 0.6 is 0 Å². The molecule has 7 heteroatoms. The van der Waals surface area contributed by atoms with Crippen molar-refractivity contribution in [2.75, 3.05) is 11.1 Å². The Balaban J connectivity index is 2.24. The highest BCUT2D eigenvalue weighted by molar-refractivity contribution is 7.91. The van der Waals surface area contributed by atoms with Gasteiger partial charge >= 0.3 is 0 Å². The lowest BCUT2D eigenvalue weighted by atomic mass is 10.0. The number of hydrogen-bond acceptors (Lipinski definition) is 4. The van der Waals surface area contributed by atoms with E-state index in [1.54, 1.807) is 44.2 Å². The molecule has 0 aliphatic carbocycles. The molecule has 2 N–H and O–H groups in total. The van der Waals surface area contributed by atoms with E-state index in [4.69, 9.17) is 6.57 Å². The Morgan fingerprint density at radius 2 is 1.81 bits per heavy atom. The summed E-state index contributed by atoms with van der Waals surface area (Å²) >= 11 is 0. The van der Waals surface area contributed by atoms with Gasteiger partial charge in [0.25, 0.3) is 5.91 Å². The molecule has 0 heterocycles. The van der Waals surface area contributed by atoms with Gasteiger partial charge in [-0.3, -0.25) is 4.79 Å². The van der Waals surface area contributed by atoms with Crippen LogP contribution in [0.3, 0.4) is 0 Å². The fourth-order valence-corrected chi connectivity index (χ4v) is 4.26. The van der Waals surface area contributed by atoms with E-state index in [0.29, 0.717) is 16.9 Å². The van der Waals surface area contributed by atoms with Crippen LogP contribution in [0.2, 0.25) is 0 Å². The van der Waals surface area contributed by atoms with Gasteiger partial charge in [0.05, 0.1) is 17.2 Å². The zero-order valence-corrected chi connectivity index (χ0v) is 16.3. The molecule has 0 aliphatic rings. The predicted molar refractivity (Wildman–Crippen MR) is 105 cm³/mol. The standard InChI is InChI=1S/C20H22N2O4S/c1-5-20(24,13-27(25,26)17-9-6-14(2)7-10-17)19(23)22-16-8-11-18(21-4)15(3)12-16/h6-12,24H,5,13H2,1-3H3,(H,22,23)/t20-/m0/s1. The van der Waals surface area contributed by atoms with Crippen molar-refractivity contribution in [1.29, 1.82) is 0 Å². The molecule has 2 rings (SSSR count). The van der Waals surface area contributed by atoms with Crippen molar-refractivity contribution in [3.63, 3.8) is 0 Å². The predicted octanol–water partition coefficient (Wildman–Crippen LogP) is 3.41. The van der Waals surface area contributed by atoms with Crippen LogP contribution in [0.15, 0.2) is 47.4 Å². The minimum atomic E-state index is -3.85. The average Bonchev–Trinajstić information content (AvgIpc) is 2.61. The maximum atomic E-state index is 12.6. The minimum Gasteiger partial charge on any atom is -0.379 e. The normalized spacial score (nSPS) is 13.4. The van der Waals surface area contributed by atoms with Crippen molar-refractivity contribution < 1.29 is 18.3 Å². The van der Waals surface area contributed by atoms with Crippen LogP contribution in [0.1, 0.15) is 24.5 Å². The van der Waals surface area contributed by atoms with E-state index < -0.39 is 27.1 Å². The zero-order chi connectivity index (χ0) is 20.2. The molecule has 0 aromatic heterocycles. The molecule has 142 valence electrons. The lowest BCUT2D eigenvalue weighted by molar-refractivity contribution is -0.132. The number of benzene rings is 2. The van der Waals surface area contributed by atoms with E-state index in [-0.39, 0.29) is 11.3 Å². The van der Waals surface area contributed by atoms with Gasteiger partial charge in [0.1, 0.15) is 0 Å². The maximum Gasteiger partial charge on any atom is 0.257 e. The minimum absolute atomic E-state index is 0.0602. The summed E-state index contributed by atoms with van der Waals surface area (Å²) in [5.74, 6) is -1.51. The molecule has 0 spiro atoms. The molecule has 0 unspecified atom stereocenters. The first-order valence-corrected chi connectivity index (χ1v) is 10.1. The Morgan fingerprint density at radius 1 is 1.19 bits per heavy atom. The number of sulfone groups is 1. The van der Waals surface area contributed by atoms with Crippen LogP contribution in [0.5, 0.6) is 0 Å². The van der Waals surface area contributed by atoms with Gasteiger partial charge in [0, 0.05) is 5.69 Å². The van der Waals surface area contributed by atoms with Crippen LogP contribution in [0.25, 0.3) is 4.85 Å². The second kappa shape index (κ2) is 7.91. The van der Waals surface area contributed by atoms with Gasteiger partial charge in [-0.2, -0.15) is 0 Å². The molecule has 1 atom stereocenters. The van der Waals surface area contributed by atoms with Gasteiger partial charge in [-0.15, -0.1) is 0 Å². The summed E-state index contributed by atoms with van der Waals surface area (Å²) in [6, 6.07) is 11.0. The number of carbonyl (C=O) groups is 1. The van der Waals surface area contributed by atoms with Crippen molar-refractivity contribution in [1.82, 2.24) is 0 Å². The van der Waals surface area contributed by atoms with Gasteiger partial charge in [0.2, 0.25) is 0 Å². The smallest absolute Gasteiger partial charge is 0.257 e. The number of aryl methyl sites for hydroxylation is 2. The molecule has 2 aromatic rings. The Bertz CT molecular complexity index is 992. The molecule has 1 amide bonds. The van der Waals surface area contributed by atoms with Crippen LogP contribution in [0, 0.1) is 20.4 Å². The molecule has 0 fully saturated rings. The lowest BCUT2D eigenvalue weighted by Crippen LogP contribution is -2.48. The van der Waals surface area contributed by atoms with E-state index in [9.17, 15) is 18.3 Å². The molecule has 0 aliphatic heterocycles. The fourth-order valence-electron chi connectivity index (χ4n) is 2.58. The molecule has 0 bridgehead atoms. The summed E-state index contributed by atoms with van der Waals surface area (Å²) in [4.78, 5) is 16.0. The molecule has 0 saturated carbocycles. The lowest BCUT2D eigenvalue weighted by Gasteiger charge is -2.25. The summed E-state index contributed by atoms with van der Waals surface area (Å²) in [7, 11) is -3.85. The highest BCUT2D eigenvalue weighted by Gasteiger charge is 2.39. The maximum absolute atomic E-state index is 12.6. The number of nitrogens with zero attached hydrogens (tertiary/aromatic N) is 1. The molecular formula is C20H22N2O4S. The molecule has 0 saturated heterocycles. The number of amides is 1. The first kappa shape index (κ1) is 20.6. The number of carbonyl (C=O) groups excluding carboxylic acids is 1. The first-order valence-electron chi connectivity index (χ1n) is 8.42. The third kappa shape index (κ3) is 4.73. The van der Waals surface area contributed by atoms with E-state index >= 15 is 0 Å². The largest absolute Gasteiger partial charge is 0.379 e.